The number of carbonyl (C=O) groups excluding carboxylic acids is 2. The maximum atomic E-state index is 12.2. The van der Waals surface area contributed by atoms with Gasteiger partial charge in [0.1, 0.15) is 24.4 Å². The molecular formula is C14H19NO6. The molecular weight excluding hydrogens is 278 g/mol. The minimum Gasteiger partial charge on any atom is -0.348 e. The van der Waals surface area contributed by atoms with Crippen LogP contribution in [0.5, 0.6) is 0 Å². The van der Waals surface area contributed by atoms with Crippen molar-refractivity contribution in [1.82, 2.24) is 4.90 Å². The summed E-state index contributed by atoms with van der Waals surface area (Å²) in [4.78, 5) is 25.7. The Morgan fingerprint density at radius 1 is 1.10 bits per heavy atom. The smallest absolute Gasteiger partial charge is 0.229 e. The number of amides is 2. The number of hydrogen-bond donors (Lipinski definition) is 0. The predicted molar refractivity (Wildman–Crippen MR) is 67.9 cm³/mol. The van der Waals surface area contributed by atoms with E-state index in [4.69, 9.17) is 18.9 Å². The zero-order valence-corrected chi connectivity index (χ0v) is 12.1. The van der Waals surface area contributed by atoms with E-state index in [0.29, 0.717) is 25.9 Å². The summed E-state index contributed by atoms with van der Waals surface area (Å²) in [6, 6.07) is -0.559. The zero-order valence-electron chi connectivity index (χ0n) is 12.1. The van der Waals surface area contributed by atoms with Gasteiger partial charge in [0.25, 0.3) is 0 Å². The van der Waals surface area contributed by atoms with Crippen LogP contribution in [0.2, 0.25) is 0 Å². The second kappa shape index (κ2) is 4.49. The monoisotopic (exact) mass is 297 g/mol. The highest BCUT2D eigenvalue weighted by molar-refractivity contribution is 5.98. The van der Waals surface area contributed by atoms with Gasteiger partial charge in [-0.1, -0.05) is 0 Å². The van der Waals surface area contributed by atoms with E-state index >= 15 is 0 Å². The molecule has 21 heavy (non-hydrogen) atoms. The first-order chi connectivity index (χ1) is 9.96. The van der Waals surface area contributed by atoms with Crippen LogP contribution in [0.15, 0.2) is 0 Å². The molecule has 7 nitrogen and oxygen atoms in total. The van der Waals surface area contributed by atoms with E-state index in [9.17, 15) is 9.59 Å². The van der Waals surface area contributed by atoms with Crippen LogP contribution in [0.25, 0.3) is 0 Å². The van der Waals surface area contributed by atoms with E-state index < -0.39 is 24.2 Å². The van der Waals surface area contributed by atoms with Crippen LogP contribution in [0.4, 0.5) is 0 Å². The van der Waals surface area contributed by atoms with Crippen LogP contribution in [0, 0.1) is 0 Å². The van der Waals surface area contributed by atoms with Crippen molar-refractivity contribution in [2.24, 2.45) is 0 Å². The van der Waals surface area contributed by atoms with Gasteiger partial charge in [-0.15, -0.1) is 0 Å². The Morgan fingerprint density at radius 3 is 2.48 bits per heavy atom. The number of fused-ring (bicyclic) bond motifs is 4. The second-order valence-electron chi connectivity index (χ2n) is 6.44. The molecule has 0 N–H and O–H groups in total. The number of nitrogens with zero attached hydrogens (tertiary/aromatic N) is 1. The molecule has 0 saturated carbocycles. The fourth-order valence-corrected chi connectivity index (χ4v) is 3.69. The van der Waals surface area contributed by atoms with Gasteiger partial charge < -0.3 is 18.9 Å². The maximum Gasteiger partial charge on any atom is 0.229 e. The summed E-state index contributed by atoms with van der Waals surface area (Å²) < 4.78 is 23.3. The predicted octanol–water partition coefficient (Wildman–Crippen LogP) is 0.169. The summed E-state index contributed by atoms with van der Waals surface area (Å²) >= 11 is 0. The van der Waals surface area contributed by atoms with Gasteiger partial charge in [-0.05, 0) is 20.3 Å². The van der Waals surface area contributed by atoms with Crippen molar-refractivity contribution in [2.75, 3.05) is 6.61 Å². The molecule has 4 aliphatic rings. The summed E-state index contributed by atoms with van der Waals surface area (Å²) in [5.74, 6) is -1.11. The van der Waals surface area contributed by atoms with Crippen molar-refractivity contribution in [3.63, 3.8) is 0 Å². The summed E-state index contributed by atoms with van der Waals surface area (Å²) in [6.45, 7) is 4.06. The Kier molecular flexibility index (Phi) is 2.91. The van der Waals surface area contributed by atoms with E-state index in [1.807, 2.05) is 13.8 Å². The number of hydrogen-bond acceptors (Lipinski definition) is 6. The average molecular weight is 297 g/mol. The number of imide groups is 1. The lowest BCUT2D eigenvalue weighted by Gasteiger charge is -2.42. The lowest BCUT2D eigenvalue weighted by atomic mass is 9.95. The molecule has 4 heterocycles. The molecule has 0 radical (unpaired) electrons. The quantitative estimate of drug-likeness (QED) is 0.642. The molecule has 0 aromatic rings. The molecule has 4 saturated heterocycles. The van der Waals surface area contributed by atoms with Crippen molar-refractivity contribution >= 4 is 11.8 Å². The number of piperidine rings is 1. The topological polar surface area (TPSA) is 74.3 Å². The second-order valence-corrected chi connectivity index (χ2v) is 6.44. The van der Waals surface area contributed by atoms with Crippen LogP contribution in [0.3, 0.4) is 0 Å². The maximum absolute atomic E-state index is 12.2. The van der Waals surface area contributed by atoms with Crippen LogP contribution in [-0.4, -0.2) is 59.8 Å². The SMILES string of the molecule is CC1(C)O[C@H]2[C@H](O1)[C@H]1CO[C@H](O1)[C@H]2N1C(=O)CCCC1=O. The highest BCUT2D eigenvalue weighted by Crippen LogP contribution is 2.43. The normalized spacial score (nSPS) is 45.0. The highest BCUT2D eigenvalue weighted by Gasteiger charge is 2.61. The van der Waals surface area contributed by atoms with Crippen LogP contribution in [-0.2, 0) is 28.5 Å². The van der Waals surface area contributed by atoms with Gasteiger partial charge in [0.2, 0.25) is 11.8 Å². The molecule has 0 aliphatic carbocycles. The lowest BCUT2D eigenvalue weighted by Crippen LogP contribution is -2.63. The van der Waals surface area contributed by atoms with Gasteiger partial charge in [0.15, 0.2) is 12.1 Å². The molecule has 7 heteroatoms. The van der Waals surface area contributed by atoms with Crippen LogP contribution < -0.4 is 0 Å². The molecule has 4 aliphatic heterocycles. The van der Waals surface area contributed by atoms with E-state index in [2.05, 4.69) is 0 Å². The molecule has 2 bridgehead atoms. The molecule has 2 amide bonds. The first kappa shape index (κ1) is 13.6. The molecule has 4 rings (SSSR count). The zero-order chi connectivity index (χ0) is 14.8. The third-order valence-electron chi connectivity index (χ3n) is 4.50. The highest BCUT2D eigenvalue weighted by atomic mass is 16.8. The fourth-order valence-electron chi connectivity index (χ4n) is 3.69. The number of rotatable bonds is 1. The molecule has 0 aromatic heterocycles. The fraction of sp³-hybridized carbons (Fsp3) is 0.857. The summed E-state index contributed by atoms with van der Waals surface area (Å²) in [6.07, 6.45) is -0.163. The van der Waals surface area contributed by atoms with Gasteiger partial charge >= 0.3 is 0 Å². The van der Waals surface area contributed by atoms with E-state index in [1.54, 1.807) is 0 Å². The molecule has 0 spiro atoms. The summed E-state index contributed by atoms with van der Waals surface area (Å²) in [5.41, 5.74) is 0. The van der Waals surface area contributed by atoms with E-state index in [-0.39, 0.29) is 24.0 Å². The van der Waals surface area contributed by atoms with Gasteiger partial charge in [-0.3, -0.25) is 14.5 Å². The Hall–Kier alpha value is -1.02. The van der Waals surface area contributed by atoms with Crippen LogP contribution >= 0.6 is 0 Å². The van der Waals surface area contributed by atoms with Crippen molar-refractivity contribution in [3.8, 4) is 0 Å². The Morgan fingerprint density at radius 2 is 1.76 bits per heavy atom. The molecule has 4 fully saturated rings. The number of likely N-dealkylation sites (tertiary alicyclic amines) is 1. The van der Waals surface area contributed by atoms with Crippen molar-refractivity contribution in [3.05, 3.63) is 0 Å². The average Bonchev–Trinajstić information content (AvgIpc) is 2.95. The van der Waals surface area contributed by atoms with E-state index in [1.165, 1.54) is 4.90 Å². The molecule has 0 aromatic carbocycles. The Bertz CT molecular complexity index is 476. The van der Waals surface area contributed by atoms with Crippen molar-refractivity contribution in [1.29, 1.82) is 0 Å². The first-order valence-corrected chi connectivity index (χ1v) is 7.44. The van der Waals surface area contributed by atoms with Gasteiger partial charge in [0.05, 0.1) is 6.61 Å². The van der Waals surface area contributed by atoms with Crippen molar-refractivity contribution < 1.29 is 28.5 Å². The number of carbonyl (C=O) groups is 2. The Labute approximate surface area is 122 Å². The third kappa shape index (κ3) is 2.03. The minimum atomic E-state index is -0.747. The van der Waals surface area contributed by atoms with Gasteiger partial charge in [-0.25, -0.2) is 0 Å². The first-order valence-electron chi connectivity index (χ1n) is 7.44. The molecule has 116 valence electrons. The van der Waals surface area contributed by atoms with Gasteiger partial charge in [-0.2, -0.15) is 0 Å². The van der Waals surface area contributed by atoms with Gasteiger partial charge in [0, 0.05) is 12.8 Å². The standard InChI is InChI=1S/C14H19NO6/c1-14(2)20-11-7-6-18-13(19-7)10(12(11)21-14)15-8(16)4-3-5-9(15)17/h7,10-13H,3-6H2,1-2H3/t7-,10+,11-,12-,13-/m1/s1. The largest absolute Gasteiger partial charge is 0.348 e. The Balaban J connectivity index is 1.69. The van der Waals surface area contributed by atoms with E-state index in [0.717, 1.165) is 0 Å². The minimum absolute atomic E-state index is 0.180. The van der Waals surface area contributed by atoms with Crippen LogP contribution in [0.1, 0.15) is 33.1 Å². The number of ether oxygens (including phenoxy) is 4. The summed E-state index contributed by atoms with van der Waals surface area (Å²) in [5, 5.41) is 0. The molecule has 0 unspecified atom stereocenters. The van der Waals surface area contributed by atoms with Crippen molar-refractivity contribution in [2.45, 2.75) is 69.5 Å². The lowest BCUT2D eigenvalue weighted by molar-refractivity contribution is -0.196. The third-order valence-corrected chi connectivity index (χ3v) is 4.50. The molecule has 5 atom stereocenters. The summed E-state index contributed by atoms with van der Waals surface area (Å²) in [7, 11) is 0.